The fourth-order valence-electron chi connectivity index (χ4n) is 1.72. The Balaban J connectivity index is 0. The first-order chi connectivity index (χ1) is 12.9. The minimum atomic E-state index is -1.61. The topological polar surface area (TPSA) is 239 Å². The average molecular weight is 446 g/mol. The van der Waals surface area contributed by atoms with Gasteiger partial charge in [0.15, 0.2) is 0 Å². The summed E-state index contributed by atoms with van der Waals surface area (Å²) in [6.07, 6.45) is -1.45. The number of nitrogens with two attached hydrogens (primary N) is 1. The van der Waals surface area contributed by atoms with Crippen LogP contribution in [0.1, 0.15) is 19.3 Å². The van der Waals surface area contributed by atoms with Crippen LogP contribution < -0.4 is 26.6 Å². The second-order valence-corrected chi connectivity index (χ2v) is 6.67. The fraction of sp³-hybridized carbons (Fsp3) is 0.571. The Bertz CT molecular complexity index is 633. The number of carbonyl (C=O) groups is 6. The molecule has 0 saturated carbocycles. The van der Waals surface area contributed by atoms with E-state index in [0.717, 1.165) is 0 Å². The van der Waals surface area contributed by atoms with Crippen LogP contribution in [0.4, 0.5) is 0 Å². The monoisotopic (exact) mass is 445 g/mol. The molecule has 0 rings (SSSR count). The van der Waals surface area contributed by atoms with Crippen molar-refractivity contribution in [3.05, 3.63) is 0 Å². The summed E-state index contributed by atoms with van der Waals surface area (Å²) in [5.41, 5.74) is 5.20. The minimum absolute atomic E-state index is 0. The van der Waals surface area contributed by atoms with Crippen molar-refractivity contribution in [2.24, 2.45) is 5.73 Å². The van der Waals surface area contributed by atoms with Crippen molar-refractivity contribution in [3.8, 4) is 0 Å². The number of rotatable bonds is 14. The summed E-state index contributed by atoms with van der Waals surface area (Å²) < 4.78 is 0. The summed E-state index contributed by atoms with van der Waals surface area (Å²) in [5.74, 6) is -8.21. The Labute approximate surface area is 184 Å². The normalized spacial score (nSPS) is 13.1. The van der Waals surface area contributed by atoms with E-state index in [4.69, 9.17) is 15.9 Å². The van der Waals surface area contributed by atoms with Crippen LogP contribution in [0.3, 0.4) is 0 Å². The van der Waals surface area contributed by atoms with E-state index in [1.165, 1.54) is 0 Å². The van der Waals surface area contributed by atoms with Crippen molar-refractivity contribution < 1.29 is 49.2 Å². The van der Waals surface area contributed by atoms with Gasteiger partial charge >= 0.3 is 35.0 Å². The van der Waals surface area contributed by atoms with Gasteiger partial charge in [-0.1, -0.05) is 0 Å². The second kappa shape index (κ2) is 14.8. The Kier molecular flexibility index (Phi) is 14.9. The molecule has 15 heteroatoms. The first kappa shape index (κ1) is 29.1. The molecule has 0 saturated heterocycles. The molecule has 0 bridgehead atoms. The third-order valence-electron chi connectivity index (χ3n) is 3.14. The zero-order valence-corrected chi connectivity index (χ0v) is 17.4. The van der Waals surface area contributed by atoms with Gasteiger partial charge in [0, 0.05) is 18.2 Å². The van der Waals surface area contributed by atoms with Crippen LogP contribution in [0.5, 0.6) is 0 Å². The summed E-state index contributed by atoms with van der Waals surface area (Å²) >= 11 is 0.552. The summed E-state index contributed by atoms with van der Waals surface area (Å²) in [7, 11) is 0. The number of thioether (sulfide) groups is 1. The second-order valence-electron chi connectivity index (χ2n) is 5.43. The van der Waals surface area contributed by atoms with Crippen molar-refractivity contribution in [3.63, 3.8) is 0 Å². The van der Waals surface area contributed by atoms with Crippen molar-refractivity contribution in [2.45, 2.75) is 36.6 Å². The third kappa shape index (κ3) is 13.7. The number of nitrogens with one attached hydrogen (secondary N) is 2. The van der Waals surface area contributed by atoms with Crippen LogP contribution in [0.2, 0.25) is 0 Å². The van der Waals surface area contributed by atoms with Crippen molar-refractivity contribution in [1.82, 2.24) is 10.6 Å². The maximum Gasteiger partial charge on any atom is 2.00 e. The molecule has 0 aromatic rings. The van der Waals surface area contributed by atoms with Crippen LogP contribution in [0, 0.1) is 0 Å². The van der Waals surface area contributed by atoms with Crippen LogP contribution in [-0.2, 0) is 28.8 Å². The molecule has 0 aliphatic carbocycles. The van der Waals surface area contributed by atoms with E-state index in [1.54, 1.807) is 0 Å². The Morgan fingerprint density at radius 2 is 1.66 bits per heavy atom. The largest absolute Gasteiger partial charge is 2.00 e. The van der Waals surface area contributed by atoms with Gasteiger partial charge in [-0.3, -0.25) is 19.2 Å². The minimum Gasteiger partial charge on any atom is -0.548 e. The number of carboxylic acid groups (broad SMARTS) is 4. The molecule has 158 valence electrons. The molecule has 0 fully saturated rings. The SMILES string of the molecule is NC(CCC(=O)NC(CSC(CC(=O)O)C(=O)O)C(=O)NCC(=O)[O-])C(=O)[O-].[Mg+2]. The molecule has 3 atom stereocenters. The summed E-state index contributed by atoms with van der Waals surface area (Å²) in [4.78, 5) is 66.6. The first-order valence-electron chi connectivity index (χ1n) is 7.73. The maximum atomic E-state index is 12.0. The molecule has 3 unspecified atom stereocenters. The van der Waals surface area contributed by atoms with Crippen molar-refractivity contribution >= 4 is 70.5 Å². The van der Waals surface area contributed by atoms with E-state index >= 15 is 0 Å². The molecule has 13 nitrogen and oxygen atoms in total. The Morgan fingerprint density at radius 3 is 2.10 bits per heavy atom. The van der Waals surface area contributed by atoms with Gasteiger partial charge in [-0.05, 0) is 6.42 Å². The quantitative estimate of drug-likeness (QED) is 0.157. The van der Waals surface area contributed by atoms with Gasteiger partial charge in [-0.15, -0.1) is 11.8 Å². The number of aliphatic carboxylic acids is 4. The first-order valence-corrected chi connectivity index (χ1v) is 8.78. The number of hydrogen-bond acceptors (Lipinski definition) is 10. The molecule has 0 heterocycles. The van der Waals surface area contributed by atoms with E-state index in [2.05, 4.69) is 5.32 Å². The summed E-state index contributed by atoms with van der Waals surface area (Å²) in [6.45, 7) is -0.872. The van der Waals surface area contributed by atoms with Gasteiger partial charge in [0.2, 0.25) is 11.8 Å². The predicted molar refractivity (Wildman–Crippen MR) is 94.1 cm³/mol. The molecular formula is C14H19MgN3O10S. The maximum absolute atomic E-state index is 12.0. The van der Waals surface area contributed by atoms with E-state index in [1.807, 2.05) is 5.32 Å². The predicted octanol–water partition coefficient (Wildman–Crippen LogP) is -5.52. The molecule has 0 aliphatic heterocycles. The average Bonchev–Trinajstić information content (AvgIpc) is 2.58. The number of carboxylic acids is 4. The van der Waals surface area contributed by atoms with Crippen LogP contribution in [0.15, 0.2) is 0 Å². The fourth-order valence-corrected chi connectivity index (χ4v) is 2.79. The van der Waals surface area contributed by atoms with Crippen LogP contribution in [-0.4, -0.2) is 98.6 Å². The van der Waals surface area contributed by atoms with Gasteiger partial charge < -0.3 is 46.4 Å². The number of amides is 2. The Morgan fingerprint density at radius 1 is 1.07 bits per heavy atom. The van der Waals surface area contributed by atoms with Gasteiger partial charge in [0.1, 0.15) is 11.3 Å². The van der Waals surface area contributed by atoms with Gasteiger partial charge in [0.25, 0.3) is 0 Å². The molecule has 6 N–H and O–H groups in total. The van der Waals surface area contributed by atoms with Gasteiger partial charge in [0.05, 0.1) is 24.9 Å². The molecule has 0 aromatic carbocycles. The zero-order valence-electron chi connectivity index (χ0n) is 15.1. The van der Waals surface area contributed by atoms with Crippen molar-refractivity contribution in [1.29, 1.82) is 0 Å². The van der Waals surface area contributed by atoms with Crippen LogP contribution in [0.25, 0.3) is 0 Å². The standard InChI is InChI=1S/C14H21N3O10S.Mg/c15-6(13(24)25)1-2-9(18)17-7(12(23)16-4-11(21)22)5-28-8(14(26)27)3-10(19)20;/h6-8H,1-5,15H2,(H,16,23)(H,17,18)(H,19,20)(H,21,22)(H,24,25)(H,26,27);/q;+2/p-2. The zero-order chi connectivity index (χ0) is 21.9. The molecule has 29 heavy (non-hydrogen) atoms. The van der Waals surface area contributed by atoms with E-state index in [9.17, 15) is 39.0 Å². The van der Waals surface area contributed by atoms with E-state index < -0.39 is 72.4 Å². The third-order valence-corrected chi connectivity index (χ3v) is 4.44. The summed E-state index contributed by atoms with van der Waals surface area (Å²) in [6, 6.07) is -2.83. The van der Waals surface area contributed by atoms with E-state index in [-0.39, 0.29) is 35.2 Å². The molecule has 2 amide bonds. The van der Waals surface area contributed by atoms with E-state index in [0.29, 0.717) is 11.8 Å². The number of carbonyl (C=O) groups excluding carboxylic acids is 4. The van der Waals surface area contributed by atoms with Gasteiger partial charge in [-0.25, -0.2) is 0 Å². The smallest absolute Gasteiger partial charge is 0.548 e. The number of hydrogen-bond donors (Lipinski definition) is 5. The van der Waals surface area contributed by atoms with Crippen molar-refractivity contribution in [2.75, 3.05) is 12.3 Å². The summed E-state index contributed by atoms with van der Waals surface area (Å²) in [5, 5.41) is 41.4. The van der Waals surface area contributed by atoms with Gasteiger partial charge in [-0.2, -0.15) is 0 Å². The molecule has 0 spiro atoms. The molecule has 0 aromatic heterocycles. The Hall–Kier alpha value is -2.10. The molecular weight excluding hydrogens is 427 g/mol. The molecule has 0 radical (unpaired) electrons. The van der Waals surface area contributed by atoms with Crippen LogP contribution >= 0.6 is 11.8 Å². The molecule has 0 aliphatic rings.